The highest BCUT2D eigenvalue weighted by atomic mass is 35.5. The Morgan fingerprint density at radius 3 is 2.53 bits per heavy atom. The minimum absolute atomic E-state index is 0.202. The highest BCUT2D eigenvalue weighted by Crippen LogP contribution is 2.37. The second-order valence-corrected chi connectivity index (χ2v) is 10.2. The van der Waals surface area contributed by atoms with Gasteiger partial charge < -0.3 is 14.2 Å². The van der Waals surface area contributed by atoms with E-state index in [9.17, 15) is 18.7 Å². The Bertz CT molecular complexity index is 1350. The van der Waals surface area contributed by atoms with Crippen molar-refractivity contribution in [1.82, 2.24) is 9.55 Å². The molecule has 2 aromatic heterocycles. The molecule has 36 heavy (non-hydrogen) atoms. The summed E-state index contributed by atoms with van der Waals surface area (Å²) in [5.41, 5.74) is 2.94. The number of rotatable bonds is 10. The summed E-state index contributed by atoms with van der Waals surface area (Å²) >= 11 is 4.82. The van der Waals surface area contributed by atoms with Gasteiger partial charge in [-0.1, -0.05) is 67.4 Å². The van der Waals surface area contributed by atoms with Crippen LogP contribution in [0.2, 0.25) is 5.15 Å². The molecular weight excluding hydrogens is 518 g/mol. The molecule has 7 nitrogen and oxygen atoms in total. The Kier molecular flexibility index (Phi) is 8.71. The molecule has 1 N–H and O–H groups in total. The number of thiophene rings is 1. The van der Waals surface area contributed by atoms with Crippen LogP contribution in [0.5, 0.6) is 0 Å². The van der Waals surface area contributed by atoms with E-state index in [1.54, 1.807) is 41.8 Å². The van der Waals surface area contributed by atoms with E-state index in [0.717, 1.165) is 40.5 Å². The second kappa shape index (κ2) is 11.9. The normalized spacial score (nSPS) is 12.0. The van der Waals surface area contributed by atoms with E-state index < -0.39 is 17.2 Å². The van der Waals surface area contributed by atoms with Crippen molar-refractivity contribution in [3.8, 4) is 10.4 Å². The van der Waals surface area contributed by atoms with E-state index in [1.165, 1.54) is 11.3 Å². The predicted octanol–water partition coefficient (Wildman–Crippen LogP) is 5.59. The smallest absolute Gasteiger partial charge is 0.269 e. The monoisotopic (exact) mass is 542 g/mol. The van der Waals surface area contributed by atoms with Crippen LogP contribution in [0.4, 0.5) is 5.69 Å². The standard InChI is InChI=1S/C26H26ClN3O4S2/c1-2-3-9-23-28-25(27)22(17-31)29(23)16-18-10-12-19(13-11-18)24-21(14-15-35-24)30(36(33)34)26(32)20-7-5-4-6-8-20/h4-8,10-15,31H,2-3,9,16-17H2,1H3,(H,33,34)/p-1. The first-order chi connectivity index (χ1) is 17.4. The average molecular weight is 543 g/mol. The summed E-state index contributed by atoms with van der Waals surface area (Å²) in [5.74, 6) is 0.219. The predicted molar refractivity (Wildman–Crippen MR) is 143 cm³/mol. The Morgan fingerprint density at radius 2 is 1.89 bits per heavy atom. The van der Waals surface area contributed by atoms with E-state index in [-0.39, 0.29) is 12.2 Å². The van der Waals surface area contributed by atoms with E-state index in [2.05, 4.69) is 11.9 Å². The zero-order valence-corrected chi connectivity index (χ0v) is 22.0. The fourth-order valence-electron chi connectivity index (χ4n) is 3.95. The second-order valence-electron chi connectivity index (χ2n) is 8.13. The number of nitrogens with zero attached hydrogens (tertiary/aromatic N) is 3. The van der Waals surface area contributed by atoms with Crippen LogP contribution < -0.4 is 4.31 Å². The van der Waals surface area contributed by atoms with Gasteiger partial charge in [-0.05, 0) is 41.1 Å². The fourth-order valence-corrected chi connectivity index (χ4v) is 5.70. The quantitative estimate of drug-likeness (QED) is 0.263. The van der Waals surface area contributed by atoms with E-state index >= 15 is 0 Å². The topological polar surface area (TPSA) is 98.5 Å². The Morgan fingerprint density at radius 1 is 1.17 bits per heavy atom. The highest BCUT2D eigenvalue weighted by molar-refractivity contribution is 7.81. The Labute approximate surface area is 221 Å². The van der Waals surface area contributed by atoms with Gasteiger partial charge in [-0.2, -0.15) is 0 Å². The van der Waals surface area contributed by atoms with Crippen LogP contribution in [0, 0.1) is 0 Å². The molecule has 1 unspecified atom stereocenters. The number of carbonyl (C=O) groups excluding carboxylic acids is 1. The summed E-state index contributed by atoms with van der Waals surface area (Å²) in [7, 11) is 0. The Hall–Kier alpha value is -2.82. The first-order valence-electron chi connectivity index (χ1n) is 11.4. The summed E-state index contributed by atoms with van der Waals surface area (Å²) in [6.07, 6.45) is 2.76. The van der Waals surface area contributed by atoms with Gasteiger partial charge in [-0.3, -0.25) is 9.00 Å². The van der Waals surface area contributed by atoms with Gasteiger partial charge in [0, 0.05) is 18.5 Å². The number of imidazole rings is 1. The minimum Gasteiger partial charge on any atom is -0.755 e. The van der Waals surface area contributed by atoms with Crippen molar-refractivity contribution < 1.29 is 18.7 Å². The van der Waals surface area contributed by atoms with Crippen LogP contribution in [0.3, 0.4) is 0 Å². The maximum Gasteiger partial charge on any atom is 0.269 e. The van der Waals surface area contributed by atoms with Crippen molar-refractivity contribution in [2.45, 2.75) is 39.3 Å². The molecule has 2 aromatic carbocycles. The third-order valence-corrected chi connectivity index (χ3v) is 7.70. The molecule has 0 saturated carbocycles. The molecule has 0 aliphatic carbocycles. The van der Waals surface area contributed by atoms with Crippen molar-refractivity contribution in [2.75, 3.05) is 4.31 Å². The summed E-state index contributed by atoms with van der Waals surface area (Å²) in [6, 6.07) is 17.6. The minimum atomic E-state index is -2.79. The van der Waals surface area contributed by atoms with Gasteiger partial charge in [0.1, 0.15) is 5.82 Å². The van der Waals surface area contributed by atoms with Crippen molar-refractivity contribution >= 4 is 45.8 Å². The molecule has 1 atom stereocenters. The number of hydrogen-bond donors (Lipinski definition) is 1. The van der Waals surface area contributed by atoms with E-state index in [4.69, 9.17) is 11.6 Å². The van der Waals surface area contributed by atoms with Crippen molar-refractivity contribution in [3.63, 3.8) is 0 Å². The number of benzene rings is 2. The molecular formula is C26H25ClN3O4S2-. The van der Waals surface area contributed by atoms with Crippen molar-refractivity contribution in [2.24, 2.45) is 0 Å². The highest BCUT2D eigenvalue weighted by Gasteiger charge is 2.23. The summed E-state index contributed by atoms with van der Waals surface area (Å²) in [6.45, 7) is 2.40. The van der Waals surface area contributed by atoms with Crippen LogP contribution in [-0.2, 0) is 30.8 Å². The van der Waals surface area contributed by atoms with Crippen LogP contribution >= 0.6 is 22.9 Å². The first kappa shape index (κ1) is 26.2. The lowest BCUT2D eigenvalue weighted by molar-refractivity contribution is 0.100. The molecule has 0 bridgehead atoms. The number of carbonyl (C=O) groups is 1. The molecule has 0 spiro atoms. The van der Waals surface area contributed by atoms with Gasteiger partial charge >= 0.3 is 0 Å². The van der Waals surface area contributed by atoms with Crippen LogP contribution in [0.25, 0.3) is 10.4 Å². The summed E-state index contributed by atoms with van der Waals surface area (Å²) in [4.78, 5) is 18.1. The third-order valence-electron chi connectivity index (χ3n) is 5.78. The number of hydrogen-bond acceptors (Lipinski definition) is 6. The number of aliphatic hydroxyl groups is 1. The molecule has 4 aromatic rings. The maximum absolute atomic E-state index is 13.0. The van der Waals surface area contributed by atoms with Crippen LogP contribution in [0.15, 0.2) is 66.0 Å². The van der Waals surface area contributed by atoms with Gasteiger partial charge in [0.05, 0.1) is 34.1 Å². The lowest BCUT2D eigenvalue weighted by atomic mass is 10.1. The largest absolute Gasteiger partial charge is 0.755 e. The molecule has 10 heteroatoms. The molecule has 0 aliphatic rings. The summed E-state index contributed by atoms with van der Waals surface area (Å²) in [5, 5.41) is 11.9. The van der Waals surface area contributed by atoms with Crippen LogP contribution in [-0.4, -0.2) is 29.3 Å². The number of halogens is 1. The lowest BCUT2D eigenvalue weighted by Crippen LogP contribution is -2.32. The van der Waals surface area contributed by atoms with Crippen molar-refractivity contribution in [3.05, 3.63) is 93.8 Å². The van der Waals surface area contributed by atoms with Crippen molar-refractivity contribution in [1.29, 1.82) is 0 Å². The SMILES string of the molecule is CCCCc1nc(Cl)c(CO)n1Cc1ccc(-c2sccc2N(C(=O)c2ccccc2)S(=O)[O-])cc1. The van der Waals surface area contributed by atoms with Gasteiger partial charge in [0.25, 0.3) is 5.91 Å². The maximum atomic E-state index is 13.0. The number of aliphatic hydroxyl groups excluding tert-OH is 1. The molecule has 1 amide bonds. The molecule has 2 heterocycles. The molecule has 188 valence electrons. The fraction of sp³-hybridized carbons (Fsp3) is 0.231. The Balaban J connectivity index is 1.62. The van der Waals surface area contributed by atoms with Gasteiger partial charge in [0.15, 0.2) is 5.15 Å². The number of aryl methyl sites for hydroxylation is 1. The van der Waals surface area contributed by atoms with E-state index in [1.807, 2.05) is 28.8 Å². The molecule has 0 radical (unpaired) electrons. The number of unbranched alkanes of at least 4 members (excludes halogenated alkanes) is 1. The zero-order valence-electron chi connectivity index (χ0n) is 19.6. The lowest BCUT2D eigenvalue weighted by Gasteiger charge is -2.24. The van der Waals surface area contributed by atoms with E-state index in [0.29, 0.717) is 28.0 Å². The summed E-state index contributed by atoms with van der Waals surface area (Å²) < 4.78 is 26.9. The number of amides is 1. The molecule has 0 fully saturated rings. The van der Waals surface area contributed by atoms with Gasteiger partial charge in [-0.25, -0.2) is 9.29 Å². The molecule has 4 rings (SSSR count). The molecule has 0 saturated heterocycles. The van der Waals surface area contributed by atoms with Gasteiger partial charge in [-0.15, -0.1) is 11.3 Å². The molecule has 0 aliphatic heterocycles. The third kappa shape index (κ3) is 5.61. The number of aromatic nitrogens is 2. The van der Waals surface area contributed by atoms with Gasteiger partial charge in [0.2, 0.25) is 0 Å². The van der Waals surface area contributed by atoms with Crippen LogP contribution in [0.1, 0.15) is 47.2 Å². The first-order valence-corrected chi connectivity index (χ1v) is 13.7. The average Bonchev–Trinajstić information content (AvgIpc) is 3.47. The number of anilines is 1. The zero-order chi connectivity index (χ0) is 25.7.